The number of hydrogen-bond donors (Lipinski definition) is 4. The topological polar surface area (TPSA) is 107 Å². The van der Waals surface area contributed by atoms with Crippen LogP contribution in [-0.4, -0.2) is 58.3 Å². The summed E-state index contributed by atoms with van der Waals surface area (Å²) in [5, 5.41) is 14.2. The molecular formula is C31H38F3N5O3S2. The predicted molar refractivity (Wildman–Crippen MR) is 170 cm³/mol. The third-order valence-corrected chi connectivity index (χ3v) is 8.77. The maximum absolute atomic E-state index is 13.8. The SMILES string of the molecule is Cc1cnccc1-c1cccc(C(C)N(CCCCNC(=O)NCCSNCCC(=O)O)Sc2ccccc2C(F)(F)F)c1. The molecule has 2 aromatic carbocycles. The summed E-state index contributed by atoms with van der Waals surface area (Å²) in [5.41, 5.74) is 3.40. The third-order valence-electron chi connectivity index (χ3n) is 6.66. The van der Waals surface area contributed by atoms with E-state index in [0.29, 0.717) is 44.8 Å². The molecule has 44 heavy (non-hydrogen) atoms. The quantitative estimate of drug-likeness (QED) is 0.0921. The van der Waals surface area contributed by atoms with Crippen molar-refractivity contribution < 1.29 is 27.9 Å². The maximum Gasteiger partial charge on any atom is 0.417 e. The first-order chi connectivity index (χ1) is 21.1. The first kappa shape index (κ1) is 35.2. The molecule has 0 aliphatic rings. The van der Waals surface area contributed by atoms with Crippen LogP contribution < -0.4 is 15.4 Å². The van der Waals surface area contributed by atoms with Gasteiger partial charge in [-0.2, -0.15) is 13.2 Å². The van der Waals surface area contributed by atoms with Crippen LogP contribution in [0, 0.1) is 6.92 Å². The number of carboxylic acids is 1. The molecule has 0 saturated heterocycles. The van der Waals surface area contributed by atoms with Crippen molar-refractivity contribution in [3.63, 3.8) is 0 Å². The molecule has 1 unspecified atom stereocenters. The second-order valence-corrected chi connectivity index (χ2v) is 12.1. The smallest absolute Gasteiger partial charge is 0.417 e. The number of carboxylic acid groups (broad SMARTS) is 1. The third kappa shape index (κ3) is 11.7. The number of carbonyl (C=O) groups excluding carboxylic acids is 1. The van der Waals surface area contributed by atoms with Gasteiger partial charge in [0, 0.05) is 55.3 Å². The molecule has 3 rings (SSSR count). The van der Waals surface area contributed by atoms with E-state index in [-0.39, 0.29) is 23.4 Å². The molecule has 3 aromatic rings. The van der Waals surface area contributed by atoms with E-state index in [1.54, 1.807) is 18.5 Å². The minimum Gasteiger partial charge on any atom is -0.481 e. The number of unbranched alkanes of at least 4 members (excludes halogenated alkanes) is 1. The number of aryl methyl sites for hydroxylation is 1. The van der Waals surface area contributed by atoms with Gasteiger partial charge in [0.2, 0.25) is 0 Å². The Kier molecular flexibility index (Phi) is 14.3. The summed E-state index contributed by atoms with van der Waals surface area (Å²) >= 11 is 2.44. The number of hydrogen-bond acceptors (Lipinski definition) is 7. The van der Waals surface area contributed by atoms with E-state index in [1.165, 1.54) is 24.1 Å². The van der Waals surface area contributed by atoms with Gasteiger partial charge < -0.3 is 15.7 Å². The van der Waals surface area contributed by atoms with Gasteiger partial charge in [0.25, 0.3) is 0 Å². The zero-order valence-electron chi connectivity index (χ0n) is 24.7. The Hall–Kier alpha value is -3.26. The summed E-state index contributed by atoms with van der Waals surface area (Å²) in [5.74, 6) is -0.290. The monoisotopic (exact) mass is 649 g/mol. The van der Waals surface area contributed by atoms with Crippen LogP contribution in [0.25, 0.3) is 11.1 Å². The highest BCUT2D eigenvalue weighted by Gasteiger charge is 2.34. The van der Waals surface area contributed by atoms with Gasteiger partial charge in [0.05, 0.1) is 12.0 Å². The fourth-order valence-corrected chi connectivity index (χ4v) is 6.10. The molecule has 0 saturated carbocycles. The zero-order valence-corrected chi connectivity index (χ0v) is 26.3. The Labute approximate surface area is 264 Å². The van der Waals surface area contributed by atoms with E-state index in [2.05, 4.69) is 26.4 Å². The fraction of sp³-hybridized carbons (Fsp3) is 0.387. The molecule has 8 nitrogen and oxygen atoms in total. The molecule has 2 amide bonds. The number of carbonyl (C=O) groups is 2. The van der Waals surface area contributed by atoms with Gasteiger partial charge in [-0.3, -0.25) is 14.5 Å². The number of nitrogens with one attached hydrogen (secondary N) is 3. The lowest BCUT2D eigenvalue weighted by molar-refractivity contribution is -0.140. The number of aliphatic carboxylic acids is 1. The fourth-order valence-electron chi connectivity index (χ4n) is 4.33. The van der Waals surface area contributed by atoms with Crippen LogP contribution in [0.2, 0.25) is 0 Å². The van der Waals surface area contributed by atoms with Crippen LogP contribution in [0.5, 0.6) is 0 Å². The summed E-state index contributed by atoms with van der Waals surface area (Å²) in [6, 6.07) is 15.1. The summed E-state index contributed by atoms with van der Waals surface area (Å²) < 4.78 is 46.3. The van der Waals surface area contributed by atoms with Crippen LogP contribution >= 0.6 is 23.9 Å². The van der Waals surface area contributed by atoms with Crippen LogP contribution in [0.4, 0.5) is 18.0 Å². The molecule has 0 bridgehead atoms. The van der Waals surface area contributed by atoms with Crippen molar-refractivity contribution in [3.05, 3.63) is 83.7 Å². The summed E-state index contributed by atoms with van der Waals surface area (Å²) in [7, 11) is 0. The largest absolute Gasteiger partial charge is 0.481 e. The molecular weight excluding hydrogens is 612 g/mol. The molecule has 0 aliphatic carbocycles. The zero-order chi connectivity index (χ0) is 32.0. The number of rotatable bonds is 17. The Bertz CT molecular complexity index is 1360. The lowest BCUT2D eigenvalue weighted by Crippen LogP contribution is -2.37. The Morgan fingerprint density at radius 2 is 1.80 bits per heavy atom. The van der Waals surface area contributed by atoms with Gasteiger partial charge in [-0.15, -0.1) is 0 Å². The minimum absolute atomic E-state index is 0.0299. The van der Waals surface area contributed by atoms with Crippen molar-refractivity contribution in [2.45, 2.75) is 50.2 Å². The molecule has 238 valence electrons. The van der Waals surface area contributed by atoms with Gasteiger partial charge in [-0.05, 0) is 85.2 Å². The van der Waals surface area contributed by atoms with E-state index < -0.39 is 17.7 Å². The normalized spacial score (nSPS) is 12.2. The van der Waals surface area contributed by atoms with Crippen molar-refractivity contribution in [1.82, 2.24) is 24.6 Å². The maximum atomic E-state index is 13.8. The van der Waals surface area contributed by atoms with E-state index in [0.717, 1.165) is 40.3 Å². The van der Waals surface area contributed by atoms with Crippen molar-refractivity contribution in [3.8, 4) is 11.1 Å². The Balaban J connectivity index is 1.60. The average molecular weight is 650 g/mol. The van der Waals surface area contributed by atoms with Gasteiger partial charge in [-0.1, -0.05) is 42.3 Å². The molecule has 0 aliphatic heterocycles. The lowest BCUT2D eigenvalue weighted by Gasteiger charge is -2.29. The number of benzene rings is 2. The van der Waals surface area contributed by atoms with Crippen molar-refractivity contribution in [2.75, 3.05) is 31.9 Å². The van der Waals surface area contributed by atoms with Gasteiger partial charge in [0.15, 0.2) is 0 Å². The molecule has 1 heterocycles. The molecule has 0 radical (unpaired) electrons. The second-order valence-electron chi connectivity index (χ2n) is 9.99. The number of aromatic nitrogens is 1. The van der Waals surface area contributed by atoms with E-state index in [1.807, 2.05) is 42.4 Å². The van der Waals surface area contributed by atoms with E-state index in [9.17, 15) is 22.8 Å². The van der Waals surface area contributed by atoms with Crippen LogP contribution in [0.15, 0.2) is 71.9 Å². The van der Waals surface area contributed by atoms with Crippen molar-refractivity contribution >= 4 is 35.9 Å². The second kappa shape index (κ2) is 17.9. The first-order valence-corrected chi connectivity index (χ1v) is 16.0. The molecule has 1 aromatic heterocycles. The molecule has 1 atom stereocenters. The van der Waals surface area contributed by atoms with E-state index in [4.69, 9.17) is 5.11 Å². The number of halogens is 3. The first-order valence-electron chi connectivity index (χ1n) is 14.3. The summed E-state index contributed by atoms with van der Waals surface area (Å²) in [6.45, 7) is 5.65. The number of amides is 2. The van der Waals surface area contributed by atoms with Crippen LogP contribution in [0.3, 0.4) is 0 Å². The van der Waals surface area contributed by atoms with Gasteiger partial charge in [0.1, 0.15) is 0 Å². The summed E-state index contributed by atoms with van der Waals surface area (Å²) in [6.07, 6.45) is 0.392. The minimum atomic E-state index is -4.47. The van der Waals surface area contributed by atoms with Crippen molar-refractivity contribution in [1.29, 1.82) is 0 Å². The Morgan fingerprint density at radius 1 is 1.02 bits per heavy atom. The van der Waals surface area contributed by atoms with E-state index >= 15 is 0 Å². The molecule has 4 N–H and O–H groups in total. The van der Waals surface area contributed by atoms with Crippen LogP contribution in [0.1, 0.15) is 48.9 Å². The van der Waals surface area contributed by atoms with Crippen molar-refractivity contribution in [2.24, 2.45) is 0 Å². The number of pyridine rings is 1. The molecule has 0 fully saturated rings. The highest BCUT2D eigenvalue weighted by atomic mass is 32.2. The number of nitrogens with zero attached hydrogens (tertiary/aromatic N) is 2. The Morgan fingerprint density at radius 3 is 2.55 bits per heavy atom. The number of urea groups is 1. The predicted octanol–water partition coefficient (Wildman–Crippen LogP) is 6.94. The molecule has 0 spiro atoms. The highest BCUT2D eigenvalue weighted by molar-refractivity contribution is 7.97. The number of alkyl halides is 3. The van der Waals surface area contributed by atoms with Crippen LogP contribution in [-0.2, 0) is 11.0 Å². The standard InChI is InChI=1S/C31H38F3N5O3S2/c1-22-21-35-15-12-26(22)25-9-7-8-24(20-25)23(2)39(44-28-11-4-3-10-27(28)31(32,33)34)18-6-5-14-36-30(42)37-17-19-43-38-16-13-29(40)41/h3-4,7-12,15,20-21,23,38H,5-6,13-14,16-19H2,1-2H3,(H,40,41)(H2,36,37,42). The van der Waals surface area contributed by atoms with Gasteiger partial charge >= 0.3 is 18.2 Å². The summed E-state index contributed by atoms with van der Waals surface area (Å²) in [4.78, 5) is 26.9. The average Bonchev–Trinajstić information content (AvgIpc) is 2.99. The molecule has 13 heteroatoms. The lowest BCUT2D eigenvalue weighted by atomic mass is 9.98. The van der Waals surface area contributed by atoms with Gasteiger partial charge in [-0.25, -0.2) is 9.10 Å². The highest BCUT2D eigenvalue weighted by Crippen LogP contribution is 2.41.